The quantitative estimate of drug-likeness (QED) is 0.573. The van der Waals surface area contributed by atoms with Crippen LogP contribution in [0.5, 0.6) is 0 Å². The minimum Gasteiger partial charge on any atom is -0.317 e. The van der Waals surface area contributed by atoms with Crippen LogP contribution in [0.4, 0.5) is 0 Å². The van der Waals surface area contributed by atoms with Crippen LogP contribution in [0.1, 0.15) is 66.7 Å². The van der Waals surface area contributed by atoms with Crippen molar-refractivity contribution in [2.45, 2.75) is 72.8 Å². The molecule has 0 aliphatic carbocycles. The van der Waals surface area contributed by atoms with E-state index in [1.165, 1.54) is 32.1 Å². The van der Waals surface area contributed by atoms with Crippen LogP contribution in [-0.4, -0.2) is 13.1 Å². The summed E-state index contributed by atoms with van der Waals surface area (Å²) in [6.45, 7) is 11.7. The van der Waals surface area contributed by atoms with Crippen molar-refractivity contribution in [2.24, 2.45) is 17.8 Å². The van der Waals surface area contributed by atoms with Gasteiger partial charge < -0.3 is 5.32 Å². The Kier molecular flexibility index (Phi) is 9.02. The molecule has 3 unspecified atom stereocenters. The highest BCUT2D eigenvalue weighted by Crippen LogP contribution is 2.29. The average Bonchev–Trinajstić information content (AvgIpc) is 2.27. The van der Waals surface area contributed by atoms with Gasteiger partial charge in [-0.25, -0.2) is 0 Å². The summed E-state index contributed by atoms with van der Waals surface area (Å²) in [7, 11) is 2.12. The van der Waals surface area contributed by atoms with Crippen LogP contribution in [0.25, 0.3) is 0 Å². The van der Waals surface area contributed by atoms with Crippen LogP contribution in [0.15, 0.2) is 0 Å². The second-order valence-electron chi connectivity index (χ2n) is 5.57. The molecule has 0 spiro atoms. The van der Waals surface area contributed by atoms with Crippen molar-refractivity contribution in [1.29, 1.82) is 0 Å². The minimum absolute atomic E-state index is 0.703. The largest absolute Gasteiger partial charge is 0.317 e. The molecule has 1 heteroatoms. The molecule has 0 aliphatic heterocycles. The van der Waals surface area contributed by atoms with Crippen LogP contribution in [-0.2, 0) is 0 Å². The molecule has 98 valence electrons. The van der Waals surface area contributed by atoms with Gasteiger partial charge in [0.2, 0.25) is 0 Å². The zero-order valence-corrected chi connectivity index (χ0v) is 12.3. The zero-order valence-electron chi connectivity index (χ0n) is 12.3. The summed E-state index contributed by atoms with van der Waals surface area (Å²) >= 11 is 0. The molecule has 0 fully saturated rings. The van der Waals surface area contributed by atoms with Gasteiger partial charge in [0.1, 0.15) is 0 Å². The monoisotopic (exact) mass is 227 g/mol. The Morgan fingerprint density at radius 2 is 1.62 bits per heavy atom. The van der Waals surface area contributed by atoms with E-state index >= 15 is 0 Å². The summed E-state index contributed by atoms with van der Waals surface area (Å²) in [4.78, 5) is 0. The van der Waals surface area contributed by atoms with Gasteiger partial charge in [-0.15, -0.1) is 0 Å². The Labute approximate surface area is 103 Å². The lowest BCUT2D eigenvalue weighted by molar-refractivity contribution is 0.197. The first-order valence-electron chi connectivity index (χ1n) is 7.25. The number of hydrogen-bond acceptors (Lipinski definition) is 1. The van der Waals surface area contributed by atoms with Crippen molar-refractivity contribution in [3.8, 4) is 0 Å². The first-order chi connectivity index (χ1) is 7.58. The zero-order chi connectivity index (χ0) is 12.6. The van der Waals surface area contributed by atoms with Crippen molar-refractivity contribution < 1.29 is 0 Å². The van der Waals surface area contributed by atoms with E-state index in [0.717, 1.165) is 17.8 Å². The average molecular weight is 227 g/mol. The molecule has 0 heterocycles. The molecule has 0 aromatic rings. The molecular formula is C15H33N. The summed E-state index contributed by atoms with van der Waals surface area (Å²) in [5.41, 5.74) is 0. The van der Waals surface area contributed by atoms with Crippen molar-refractivity contribution in [2.75, 3.05) is 7.05 Å². The molecule has 0 aromatic carbocycles. The lowest BCUT2D eigenvalue weighted by atomic mass is 9.77. The Morgan fingerprint density at radius 1 is 1.00 bits per heavy atom. The molecule has 0 saturated heterocycles. The Hall–Kier alpha value is -0.0400. The van der Waals surface area contributed by atoms with Gasteiger partial charge in [0, 0.05) is 6.04 Å². The van der Waals surface area contributed by atoms with Gasteiger partial charge in [-0.1, -0.05) is 53.9 Å². The van der Waals surface area contributed by atoms with Crippen molar-refractivity contribution in [3.63, 3.8) is 0 Å². The van der Waals surface area contributed by atoms with Gasteiger partial charge in [-0.2, -0.15) is 0 Å². The Morgan fingerprint density at radius 3 is 2.00 bits per heavy atom. The third-order valence-electron chi connectivity index (χ3n) is 4.20. The highest BCUT2D eigenvalue weighted by Gasteiger charge is 2.25. The van der Waals surface area contributed by atoms with E-state index in [0.29, 0.717) is 6.04 Å². The number of unbranched alkanes of at least 4 members (excludes halogenated alkanes) is 2. The smallest absolute Gasteiger partial charge is 0.00923 e. The molecule has 0 rings (SSSR count). The summed E-state index contributed by atoms with van der Waals surface area (Å²) < 4.78 is 0. The summed E-state index contributed by atoms with van der Waals surface area (Å²) in [5.74, 6) is 2.48. The predicted molar refractivity (Wildman–Crippen MR) is 74.8 cm³/mol. The van der Waals surface area contributed by atoms with Gasteiger partial charge in [0.25, 0.3) is 0 Å². The number of rotatable bonds is 9. The molecule has 16 heavy (non-hydrogen) atoms. The van der Waals surface area contributed by atoms with Crippen LogP contribution >= 0.6 is 0 Å². The van der Waals surface area contributed by atoms with E-state index in [1.807, 2.05) is 0 Å². The fourth-order valence-corrected chi connectivity index (χ4v) is 2.68. The van der Waals surface area contributed by atoms with E-state index in [1.54, 1.807) is 0 Å². The first kappa shape index (κ1) is 16.0. The minimum atomic E-state index is 0.703. The Balaban J connectivity index is 4.35. The molecular weight excluding hydrogens is 194 g/mol. The van der Waals surface area contributed by atoms with Crippen molar-refractivity contribution in [1.82, 2.24) is 5.32 Å². The number of hydrogen-bond donors (Lipinski definition) is 1. The van der Waals surface area contributed by atoms with E-state index < -0.39 is 0 Å². The van der Waals surface area contributed by atoms with Gasteiger partial charge in [0.15, 0.2) is 0 Å². The van der Waals surface area contributed by atoms with E-state index in [9.17, 15) is 0 Å². The van der Waals surface area contributed by atoms with Crippen LogP contribution < -0.4 is 5.32 Å². The van der Waals surface area contributed by atoms with Crippen LogP contribution in [0.2, 0.25) is 0 Å². The van der Waals surface area contributed by atoms with Gasteiger partial charge >= 0.3 is 0 Å². The van der Waals surface area contributed by atoms with Crippen LogP contribution in [0, 0.1) is 17.8 Å². The molecule has 1 N–H and O–H groups in total. The molecule has 0 aliphatic rings. The SMILES string of the molecule is CCCCCC(C(CC)NC)C(C)C(C)C. The molecule has 0 bridgehead atoms. The molecule has 0 aromatic heterocycles. The van der Waals surface area contributed by atoms with E-state index in [2.05, 4.69) is 47.0 Å². The first-order valence-corrected chi connectivity index (χ1v) is 7.25. The maximum Gasteiger partial charge on any atom is 0.00923 e. The highest BCUT2D eigenvalue weighted by molar-refractivity contribution is 4.79. The second kappa shape index (κ2) is 9.04. The fourth-order valence-electron chi connectivity index (χ4n) is 2.68. The van der Waals surface area contributed by atoms with Crippen molar-refractivity contribution >= 4 is 0 Å². The summed E-state index contributed by atoms with van der Waals surface area (Å²) in [6.07, 6.45) is 6.77. The maximum atomic E-state index is 3.51. The van der Waals surface area contributed by atoms with E-state index in [-0.39, 0.29) is 0 Å². The Bertz CT molecular complexity index is 148. The second-order valence-corrected chi connectivity index (χ2v) is 5.57. The third kappa shape index (κ3) is 5.34. The number of nitrogens with one attached hydrogen (secondary N) is 1. The predicted octanol–water partition coefficient (Wildman–Crippen LogP) is 4.47. The van der Waals surface area contributed by atoms with Crippen LogP contribution in [0.3, 0.4) is 0 Å². The van der Waals surface area contributed by atoms with Crippen molar-refractivity contribution in [3.05, 3.63) is 0 Å². The summed E-state index contributed by atoms with van der Waals surface area (Å²) in [6, 6.07) is 0.703. The fraction of sp³-hybridized carbons (Fsp3) is 1.00. The molecule has 3 atom stereocenters. The lowest BCUT2D eigenvalue weighted by Crippen LogP contribution is -2.38. The van der Waals surface area contributed by atoms with E-state index in [4.69, 9.17) is 0 Å². The highest BCUT2D eigenvalue weighted by atomic mass is 14.9. The van der Waals surface area contributed by atoms with Gasteiger partial charge in [-0.05, 0) is 37.6 Å². The maximum absolute atomic E-state index is 3.51. The normalized spacial score (nSPS) is 17.4. The topological polar surface area (TPSA) is 12.0 Å². The summed E-state index contributed by atoms with van der Waals surface area (Å²) in [5, 5.41) is 3.51. The molecule has 0 amide bonds. The third-order valence-corrected chi connectivity index (χ3v) is 4.20. The molecule has 0 radical (unpaired) electrons. The molecule has 0 saturated carbocycles. The standard InChI is InChI=1S/C15H33N/c1-7-9-10-11-14(13(5)12(3)4)15(8-2)16-6/h12-16H,7-11H2,1-6H3. The van der Waals surface area contributed by atoms with Gasteiger partial charge in [-0.3, -0.25) is 0 Å². The molecule has 1 nitrogen and oxygen atoms in total. The van der Waals surface area contributed by atoms with Gasteiger partial charge in [0.05, 0.1) is 0 Å². The lowest BCUT2D eigenvalue weighted by Gasteiger charge is -2.33.